The van der Waals surface area contributed by atoms with E-state index in [1.165, 1.54) is 38.5 Å². The van der Waals surface area contributed by atoms with Crippen LogP contribution in [-0.4, -0.2) is 25.2 Å². The number of unbranched alkanes of at least 4 members (excludes halogenated alkanes) is 6. The van der Waals surface area contributed by atoms with Crippen molar-refractivity contribution in [2.24, 2.45) is 23.7 Å². The summed E-state index contributed by atoms with van der Waals surface area (Å²) in [5.74, 6) is 1.35. The average Bonchev–Trinajstić information content (AvgIpc) is 2.71. The highest BCUT2D eigenvalue weighted by Gasteiger charge is 2.31. The third kappa shape index (κ3) is 13.3. The highest BCUT2D eigenvalue weighted by atomic mass is 16.5. The van der Waals surface area contributed by atoms with Crippen LogP contribution in [0.15, 0.2) is 0 Å². The Morgan fingerprint density at radius 1 is 0.600 bits per heavy atom. The van der Waals surface area contributed by atoms with Crippen LogP contribution >= 0.6 is 0 Å². The lowest BCUT2D eigenvalue weighted by atomic mass is 9.82. The molecule has 0 aromatic rings. The van der Waals surface area contributed by atoms with Gasteiger partial charge in [-0.1, -0.05) is 79.1 Å². The van der Waals surface area contributed by atoms with E-state index in [4.69, 9.17) is 9.47 Å². The molecule has 1 fully saturated rings. The van der Waals surface area contributed by atoms with E-state index in [0.29, 0.717) is 13.2 Å². The van der Waals surface area contributed by atoms with Gasteiger partial charge in [0.2, 0.25) is 0 Å². The molecule has 1 aliphatic rings. The van der Waals surface area contributed by atoms with Gasteiger partial charge in [0.1, 0.15) is 0 Å². The predicted molar refractivity (Wildman–Crippen MR) is 123 cm³/mol. The minimum atomic E-state index is -0.0665. The maximum absolute atomic E-state index is 12.3. The molecule has 0 radical (unpaired) electrons. The standard InChI is InChI=1S/C26H48O4/c1-21(2)13-9-6-5-7-11-19-29-25(27)23-15-17-24(18-16-23)26(28)30-20-12-8-10-14-22(3)4/h21-24H,5-20H2,1-4H3. The molecule has 0 saturated heterocycles. The monoisotopic (exact) mass is 424 g/mol. The number of rotatable bonds is 16. The fraction of sp³-hybridized carbons (Fsp3) is 0.923. The zero-order valence-corrected chi connectivity index (χ0v) is 20.3. The second-order valence-corrected chi connectivity index (χ2v) is 10.1. The largest absolute Gasteiger partial charge is 0.465 e. The van der Waals surface area contributed by atoms with Crippen LogP contribution in [0.1, 0.15) is 118 Å². The average molecular weight is 425 g/mol. The van der Waals surface area contributed by atoms with E-state index < -0.39 is 0 Å². The molecule has 0 spiro atoms. The Hall–Kier alpha value is -1.06. The van der Waals surface area contributed by atoms with Crippen LogP contribution < -0.4 is 0 Å². The highest BCUT2D eigenvalue weighted by Crippen LogP contribution is 2.30. The van der Waals surface area contributed by atoms with E-state index in [1.807, 2.05) is 0 Å². The lowest BCUT2D eigenvalue weighted by Crippen LogP contribution is -2.28. The van der Waals surface area contributed by atoms with Gasteiger partial charge in [0, 0.05) is 0 Å². The molecule has 0 N–H and O–H groups in total. The number of esters is 2. The smallest absolute Gasteiger partial charge is 0.308 e. The summed E-state index contributed by atoms with van der Waals surface area (Å²) in [6.07, 6.45) is 14.8. The minimum absolute atomic E-state index is 0.0314. The van der Waals surface area contributed by atoms with Gasteiger partial charge in [0.05, 0.1) is 25.0 Å². The molecule has 30 heavy (non-hydrogen) atoms. The van der Waals surface area contributed by atoms with Crippen molar-refractivity contribution in [1.29, 1.82) is 0 Å². The molecule has 0 unspecified atom stereocenters. The zero-order chi connectivity index (χ0) is 22.2. The van der Waals surface area contributed by atoms with Gasteiger partial charge in [-0.2, -0.15) is 0 Å². The summed E-state index contributed by atoms with van der Waals surface area (Å²) in [6, 6.07) is 0. The van der Waals surface area contributed by atoms with Gasteiger partial charge in [0.25, 0.3) is 0 Å². The van der Waals surface area contributed by atoms with Crippen molar-refractivity contribution in [3.8, 4) is 0 Å². The van der Waals surface area contributed by atoms with Crippen LogP contribution in [-0.2, 0) is 19.1 Å². The molecule has 0 heterocycles. The van der Waals surface area contributed by atoms with Gasteiger partial charge in [0.15, 0.2) is 0 Å². The minimum Gasteiger partial charge on any atom is -0.465 e. The van der Waals surface area contributed by atoms with Crippen molar-refractivity contribution in [3.05, 3.63) is 0 Å². The second kappa shape index (κ2) is 16.6. The molecule has 0 aliphatic heterocycles. The van der Waals surface area contributed by atoms with E-state index in [1.54, 1.807) is 0 Å². The molecular formula is C26H48O4. The summed E-state index contributed by atoms with van der Waals surface area (Å²) < 4.78 is 10.9. The molecule has 0 aromatic heterocycles. The number of ether oxygens (including phenoxy) is 2. The van der Waals surface area contributed by atoms with Gasteiger partial charge < -0.3 is 9.47 Å². The number of carbonyl (C=O) groups is 2. The molecule has 0 aromatic carbocycles. The Morgan fingerprint density at radius 2 is 0.933 bits per heavy atom. The van der Waals surface area contributed by atoms with Crippen LogP contribution in [0.5, 0.6) is 0 Å². The van der Waals surface area contributed by atoms with Gasteiger partial charge in [-0.05, 0) is 50.4 Å². The van der Waals surface area contributed by atoms with Crippen LogP contribution in [0.2, 0.25) is 0 Å². The molecule has 1 rings (SSSR count). The molecule has 4 nitrogen and oxygen atoms in total. The topological polar surface area (TPSA) is 52.6 Å². The number of hydrogen-bond donors (Lipinski definition) is 0. The van der Waals surface area contributed by atoms with Gasteiger partial charge in [-0.3, -0.25) is 9.59 Å². The van der Waals surface area contributed by atoms with Gasteiger partial charge in [-0.25, -0.2) is 0 Å². The maximum Gasteiger partial charge on any atom is 0.308 e. The van der Waals surface area contributed by atoms with Crippen molar-refractivity contribution in [1.82, 2.24) is 0 Å². The molecule has 0 bridgehead atoms. The summed E-state index contributed by atoms with van der Waals surface area (Å²) in [5, 5.41) is 0. The van der Waals surface area contributed by atoms with E-state index in [0.717, 1.165) is 63.2 Å². The normalized spacial score (nSPS) is 19.3. The number of hydrogen-bond acceptors (Lipinski definition) is 4. The Balaban J connectivity index is 2.03. The van der Waals surface area contributed by atoms with E-state index in [2.05, 4.69) is 27.7 Å². The van der Waals surface area contributed by atoms with E-state index in [9.17, 15) is 9.59 Å². The fourth-order valence-corrected chi connectivity index (χ4v) is 4.16. The molecule has 0 amide bonds. The van der Waals surface area contributed by atoms with Crippen molar-refractivity contribution in [3.63, 3.8) is 0 Å². The molecular weight excluding hydrogens is 376 g/mol. The lowest BCUT2D eigenvalue weighted by molar-refractivity contribution is -0.155. The first-order valence-corrected chi connectivity index (χ1v) is 12.7. The van der Waals surface area contributed by atoms with Gasteiger partial charge in [-0.15, -0.1) is 0 Å². The Bertz CT molecular complexity index is 450. The van der Waals surface area contributed by atoms with Crippen molar-refractivity contribution in [2.45, 2.75) is 118 Å². The lowest BCUT2D eigenvalue weighted by Gasteiger charge is -2.26. The van der Waals surface area contributed by atoms with E-state index in [-0.39, 0.29) is 23.8 Å². The fourth-order valence-electron chi connectivity index (χ4n) is 4.16. The third-order valence-corrected chi connectivity index (χ3v) is 6.23. The first-order valence-electron chi connectivity index (χ1n) is 12.7. The van der Waals surface area contributed by atoms with Crippen molar-refractivity contribution >= 4 is 11.9 Å². The second-order valence-electron chi connectivity index (χ2n) is 10.1. The van der Waals surface area contributed by atoms with Crippen LogP contribution in [0.3, 0.4) is 0 Å². The van der Waals surface area contributed by atoms with Gasteiger partial charge >= 0.3 is 11.9 Å². The highest BCUT2D eigenvalue weighted by molar-refractivity contribution is 5.75. The summed E-state index contributed by atoms with van der Waals surface area (Å²) in [5.41, 5.74) is 0. The summed E-state index contributed by atoms with van der Waals surface area (Å²) >= 11 is 0. The third-order valence-electron chi connectivity index (χ3n) is 6.23. The van der Waals surface area contributed by atoms with Crippen molar-refractivity contribution < 1.29 is 19.1 Å². The summed E-state index contributed by atoms with van der Waals surface area (Å²) in [4.78, 5) is 24.5. The quantitative estimate of drug-likeness (QED) is 0.196. The maximum atomic E-state index is 12.3. The molecule has 0 atom stereocenters. The van der Waals surface area contributed by atoms with Crippen molar-refractivity contribution in [2.75, 3.05) is 13.2 Å². The first-order chi connectivity index (χ1) is 14.4. The summed E-state index contributed by atoms with van der Waals surface area (Å²) in [6.45, 7) is 10.1. The van der Waals surface area contributed by atoms with Crippen LogP contribution in [0, 0.1) is 23.7 Å². The Kier molecular flexibility index (Phi) is 14.9. The number of carbonyl (C=O) groups excluding carboxylic acids is 2. The van der Waals surface area contributed by atoms with Crippen LogP contribution in [0.25, 0.3) is 0 Å². The van der Waals surface area contributed by atoms with E-state index >= 15 is 0 Å². The molecule has 4 heteroatoms. The molecule has 176 valence electrons. The zero-order valence-electron chi connectivity index (χ0n) is 20.3. The molecule has 1 aliphatic carbocycles. The Morgan fingerprint density at radius 3 is 1.33 bits per heavy atom. The SMILES string of the molecule is CC(C)CCCCCCCOC(=O)C1CCC(C(=O)OCCCCCC(C)C)CC1. The Labute approximate surface area is 185 Å². The van der Waals surface area contributed by atoms with Crippen LogP contribution in [0.4, 0.5) is 0 Å². The molecule has 1 saturated carbocycles. The first kappa shape index (κ1) is 27.0. The predicted octanol–water partition coefficient (Wildman–Crippen LogP) is 7.09. The summed E-state index contributed by atoms with van der Waals surface area (Å²) in [7, 11) is 0.